The summed E-state index contributed by atoms with van der Waals surface area (Å²) in [4.78, 5) is 12.2. The van der Waals surface area contributed by atoms with Crippen molar-refractivity contribution in [3.05, 3.63) is 52.4 Å². The van der Waals surface area contributed by atoms with Crippen LogP contribution in [0.5, 0.6) is 11.5 Å². The number of amides is 1. The lowest BCUT2D eigenvalue weighted by Gasteiger charge is -2.12. The minimum absolute atomic E-state index is 0.0600. The third kappa shape index (κ3) is 4.78. The van der Waals surface area contributed by atoms with Gasteiger partial charge in [-0.3, -0.25) is 4.79 Å². The average molecular weight is 361 g/mol. The molecule has 25 heavy (non-hydrogen) atoms. The fourth-order valence-corrected chi connectivity index (χ4v) is 2.42. The Bertz CT molecular complexity index is 807. The molecule has 0 spiro atoms. The van der Waals surface area contributed by atoms with E-state index in [-0.39, 0.29) is 12.1 Å². The van der Waals surface area contributed by atoms with Gasteiger partial charge < -0.3 is 19.2 Å². The van der Waals surface area contributed by atoms with Crippen molar-refractivity contribution in [2.75, 3.05) is 13.7 Å². The second-order valence-corrected chi connectivity index (χ2v) is 5.31. The molecular weight excluding hydrogens is 344 g/mol. The van der Waals surface area contributed by atoms with Gasteiger partial charge in [0.1, 0.15) is 17.4 Å². The van der Waals surface area contributed by atoms with E-state index in [0.717, 1.165) is 0 Å². The Morgan fingerprint density at radius 3 is 2.88 bits per heavy atom. The number of rotatable bonds is 7. The molecule has 1 aromatic carbocycles. The molecule has 0 bridgehead atoms. The van der Waals surface area contributed by atoms with Crippen LogP contribution < -0.4 is 14.8 Å². The molecule has 1 heterocycles. The van der Waals surface area contributed by atoms with E-state index in [4.69, 9.17) is 25.5 Å². The molecule has 6 nitrogen and oxygen atoms in total. The summed E-state index contributed by atoms with van der Waals surface area (Å²) in [5.41, 5.74) is 0.495. The Morgan fingerprint density at radius 1 is 1.48 bits per heavy atom. The van der Waals surface area contributed by atoms with Gasteiger partial charge >= 0.3 is 0 Å². The van der Waals surface area contributed by atoms with E-state index in [1.807, 2.05) is 13.0 Å². The molecule has 0 atom stereocenters. The van der Waals surface area contributed by atoms with Crippen molar-refractivity contribution in [1.82, 2.24) is 5.32 Å². The van der Waals surface area contributed by atoms with Crippen LogP contribution in [0.4, 0.5) is 0 Å². The van der Waals surface area contributed by atoms with Crippen molar-refractivity contribution >= 4 is 23.6 Å². The number of ether oxygens (including phenoxy) is 2. The van der Waals surface area contributed by atoms with E-state index in [1.54, 1.807) is 24.3 Å². The third-order valence-electron chi connectivity index (χ3n) is 3.22. The third-order valence-corrected chi connectivity index (χ3v) is 3.50. The topological polar surface area (TPSA) is 84.5 Å². The second-order valence-electron chi connectivity index (χ2n) is 4.90. The first-order valence-electron chi connectivity index (χ1n) is 7.51. The fraction of sp³-hybridized carbons (Fsp3) is 0.222. The summed E-state index contributed by atoms with van der Waals surface area (Å²) < 4.78 is 15.8. The molecule has 7 heteroatoms. The van der Waals surface area contributed by atoms with E-state index < -0.39 is 5.91 Å². The largest absolute Gasteiger partial charge is 0.491 e. The van der Waals surface area contributed by atoms with Gasteiger partial charge in [0.25, 0.3) is 5.91 Å². The van der Waals surface area contributed by atoms with Crippen molar-refractivity contribution in [3.63, 3.8) is 0 Å². The molecule has 130 valence electrons. The van der Waals surface area contributed by atoms with Crippen LogP contribution in [0, 0.1) is 11.3 Å². The Hall–Kier alpha value is -2.91. The number of nitrogens with zero attached hydrogens (tertiary/aromatic N) is 1. The van der Waals surface area contributed by atoms with Gasteiger partial charge in [0.15, 0.2) is 11.5 Å². The summed E-state index contributed by atoms with van der Waals surface area (Å²) in [6.45, 7) is 2.45. The molecule has 0 saturated heterocycles. The first-order valence-corrected chi connectivity index (χ1v) is 7.89. The molecule has 1 aromatic heterocycles. The highest BCUT2D eigenvalue weighted by molar-refractivity contribution is 6.32. The number of carbonyl (C=O) groups excluding carboxylic acids is 1. The smallest absolute Gasteiger partial charge is 0.262 e. The highest BCUT2D eigenvalue weighted by atomic mass is 35.5. The number of furan rings is 1. The first-order chi connectivity index (χ1) is 12.1. The van der Waals surface area contributed by atoms with Gasteiger partial charge in [-0.1, -0.05) is 11.6 Å². The standard InChI is InChI=1S/C18H17ClN2O4/c1-3-24-16-9-12(8-15(19)17(16)23-2)7-13(10-20)18(22)21-11-14-5-4-6-25-14/h4-9H,3,11H2,1-2H3,(H,21,22)/b13-7+. The van der Waals surface area contributed by atoms with Crippen LogP contribution in [-0.4, -0.2) is 19.6 Å². The Morgan fingerprint density at radius 2 is 2.28 bits per heavy atom. The van der Waals surface area contributed by atoms with Crippen LogP contribution in [0.15, 0.2) is 40.5 Å². The average Bonchev–Trinajstić information content (AvgIpc) is 3.11. The van der Waals surface area contributed by atoms with Crippen LogP contribution in [0.25, 0.3) is 6.08 Å². The molecule has 0 aliphatic rings. The summed E-state index contributed by atoms with van der Waals surface area (Å²) >= 11 is 6.18. The number of hydrogen-bond acceptors (Lipinski definition) is 5. The number of nitrogens with one attached hydrogen (secondary N) is 1. The lowest BCUT2D eigenvalue weighted by atomic mass is 10.1. The zero-order valence-electron chi connectivity index (χ0n) is 13.8. The number of halogens is 1. The van der Waals surface area contributed by atoms with Crippen molar-refractivity contribution < 1.29 is 18.7 Å². The van der Waals surface area contributed by atoms with E-state index in [0.29, 0.717) is 34.5 Å². The van der Waals surface area contributed by atoms with E-state index in [2.05, 4.69) is 5.32 Å². The summed E-state index contributed by atoms with van der Waals surface area (Å²) in [6.07, 6.45) is 2.95. The summed E-state index contributed by atoms with van der Waals surface area (Å²) in [5, 5.41) is 12.2. The zero-order valence-corrected chi connectivity index (χ0v) is 14.6. The fourth-order valence-electron chi connectivity index (χ4n) is 2.12. The number of methoxy groups -OCH3 is 1. The molecule has 0 aliphatic heterocycles. The summed E-state index contributed by atoms with van der Waals surface area (Å²) in [6, 6.07) is 8.59. The van der Waals surface area contributed by atoms with Crippen molar-refractivity contribution in [2.45, 2.75) is 13.5 Å². The van der Waals surface area contributed by atoms with Crippen LogP contribution in [0.1, 0.15) is 18.2 Å². The number of nitriles is 1. The quantitative estimate of drug-likeness (QED) is 0.602. The van der Waals surface area contributed by atoms with Gasteiger partial charge in [-0.2, -0.15) is 5.26 Å². The Labute approximate surface area is 150 Å². The highest BCUT2D eigenvalue weighted by Gasteiger charge is 2.14. The molecule has 0 saturated carbocycles. The molecule has 1 amide bonds. The lowest BCUT2D eigenvalue weighted by molar-refractivity contribution is -0.117. The maximum Gasteiger partial charge on any atom is 0.262 e. The lowest BCUT2D eigenvalue weighted by Crippen LogP contribution is -2.23. The SMILES string of the molecule is CCOc1cc(/C=C(\C#N)C(=O)NCc2ccco2)cc(Cl)c1OC. The van der Waals surface area contributed by atoms with Crippen LogP contribution >= 0.6 is 11.6 Å². The Kier molecular flexibility index (Phi) is 6.49. The molecule has 2 aromatic rings. The maximum absolute atomic E-state index is 12.2. The molecule has 0 unspecified atom stereocenters. The zero-order chi connectivity index (χ0) is 18.2. The predicted octanol–water partition coefficient (Wildman–Crippen LogP) is 3.56. The van der Waals surface area contributed by atoms with E-state index in [9.17, 15) is 10.1 Å². The van der Waals surface area contributed by atoms with Crippen molar-refractivity contribution in [1.29, 1.82) is 5.26 Å². The van der Waals surface area contributed by atoms with Gasteiger partial charge in [0.2, 0.25) is 0 Å². The summed E-state index contributed by atoms with van der Waals surface area (Å²) in [7, 11) is 1.49. The van der Waals surface area contributed by atoms with Crippen molar-refractivity contribution in [2.24, 2.45) is 0 Å². The number of carbonyl (C=O) groups is 1. The van der Waals surface area contributed by atoms with Crippen LogP contribution in [0.3, 0.4) is 0 Å². The van der Waals surface area contributed by atoms with E-state index in [1.165, 1.54) is 19.4 Å². The maximum atomic E-state index is 12.2. The van der Waals surface area contributed by atoms with Gasteiger partial charge in [0, 0.05) is 0 Å². The van der Waals surface area contributed by atoms with Gasteiger partial charge in [-0.15, -0.1) is 0 Å². The minimum Gasteiger partial charge on any atom is -0.491 e. The van der Waals surface area contributed by atoms with Gasteiger partial charge in [-0.25, -0.2) is 0 Å². The first kappa shape index (κ1) is 18.4. The molecule has 2 rings (SSSR count). The molecule has 0 radical (unpaired) electrons. The monoisotopic (exact) mass is 360 g/mol. The van der Waals surface area contributed by atoms with Gasteiger partial charge in [-0.05, 0) is 42.8 Å². The minimum atomic E-state index is -0.510. The van der Waals surface area contributed by atoms with Gasteiger partial charge in [0.05, 0.1) is 31.5 Å². The number of benzene rings is 1. The number of hydrogen-bond donors (Lipinski definition) is 1. The highest BCUT2D eigenvalue weighted by Crippen LogP contribution is 2.36. The molecule has 0 fully saturated rings. The predicted molar refractivity (Wildman–Crippen MR) is 93.3 cm³/mol. The van der Waals surface area contributed by atoms with Crippen LogP contribution in [0.2, 0.25) is 5.02 Å². The Balaban J connectivity index is 2.23. The molecular formula is C18H17ClN2O4. The second kappa shape index (κ2) is 8.81. The van der Waals surface area contributed by atoms with E-state index >= 15 is 0 Å². The normalized spacial score (nSPS) is 10.9. The van der Waals surface area contributed by atoms with Crippen molar-refractivity contribution in [3.8, 4) is 17.6 Å². The molecule has 0 aliphatic carbocycles. The summed E-state index contributed by atoms with van der Waals surface area (Å²) in [5.74, 6) is 0.930. The molecule has 1 N–H and O–H groups in total. The van der Waals surface area contributed by atoms with Crippen LogP contribution in [-0.2, 0) is 11.3 Å².